The first-order valence-electron chi connectivity index (χ1n) is 6.13. The average Bonchev–Trinajstić information content (AvgIpc) is 2.46. The summed E-state index contributed by atoms with van der Waals surface area (Å²) in [6.07, 6.45) is 0. The highest BCUT2D eigenvalue weighted by Crippen LogP contribution is 2.33. The molecule has 0 saturated heterocycles. The summed E-state index contributed by atoms with van der Waals surface area (Å²) in [6, 6.07) is 6.44. The maximum Gasteiger partial charge on any atom is 0.142 e. The summed E-state index contributed by atoms with van der Waals surface area (Å²) in [4.78, 5) is 0. The van der Waals surface area contributed by atoms with Gasteiger partial charge in [-0.2, -0.15) is 0 Å². The molecule has 2 rings (SSSR count). The molecule has 2 aromatic rings. The monoisotopic (exact) mass is 331 g/mol. The van der Waals surface area contributed by atoms with Crippen LogP contribution in [0.5, 0.6) is 5.75 Å². The molecule has 0 radical (unpaired) electrons. The second-order valence-corrected chi connectivity index (χ2v) is 5.21. The Balaban J connectivity index is 2.52. The second-order valence-electron chi connectivity index (χ2n) is 4.40. The summed E-state index contributed by atoms with van der Waals surface area (Å²) in [5.41, 5.74) is 0.743. The van der Waals surface area contributed by atoms with Crippen LogP contribution < -0.4 is 10.1 Å². The van der Waals surface area contributed by atoms with Gasteiger partial charge in [0.2, 0.25) is 0 Å². The minimum Gasteiger partial charge on any atom is -0.497 e. The van der Waals surface area contributed by atoms with Gasteiger partial charge in [0.15, 0.2) is 0 Å². The van der Waals surface area contributed by atoms with E-state index in [0.717, 1.165) is 12.1 Å². The molecular weight excluding hydrogens is 319 g/mol. The lowest BCUT2D eigenvalue weighted by molar-refractivity contribution is 0.414. The summed E-state index contributed by atoms with van der Waals surface area (Å²) in [5, 5.41) is 3.06. The van der Waals surface area contributed by atoms with E-state index in [0.29, 0.717) is 16.3 Å². The van der Waals surface area contributed by atoms with Crippen LogP contribution in [0.4, 0.5) is 8.78 Å². The van der Waals surface area contributed by atoms with E-state index in [4.69, 9.17) is 27.9 Å². The van der Waals surface area contributed by atoms with E-state index in [2.05, 4.69) is 5.32 Å². The van der Waals surface area contributed by atoms with Crippen LogP contribution in [0.15, 0.2) is 30.3 Å². The fourth-order valence-electron chi connectivity index (χ4n) is 2.11. The Morgan fingerprint density at radius 2 is 1.71 bits per heavy atom. The van der Waals surface area contributed by atoms with Crippen molar-refractivity contribution in [3.05, 3.63) is 63.1 Å². The van der Waals surface area contributed by atoms with Crippen molar-refractivity contribution in [2.75, 3.05) is 14.2 Å². The highest BCUT2D eigenvalue weighted by Gasteiger charge is 2.21. The van der Waals surface area contributed by atoms with Gasteiger partial charge >= 0.3 is 0 Å². The maximum atomic E-state index is 14.1. The van der Waals surface area contributed by atoms with Crippen molar-refractivity contribution in [3.8, 4) is 5.75 Å². The fourth-order valence-corrected chi connectivity index (χ4v) is 2.54. The van der Waals surface area contributed by atoms with Gasteiger partial charge in [-0.3, -0.25) is 0 Å². The van der Waals surface area contributed by atoms with E-state index in [-0.39, 0.29) is 10.6 Å². The van der Waals surface area contributed by atoms with Crippen molar-refractivity contribution in [2.45, 2.75) is 6.04 Å². The maximum absolute atomic E-state index is 14.1. The van der Waals surface area contributed by atoms with E-state index in [1.165, 1.54) is 7.11 Å². The zero-order valence-corrected chi connectivity index (χ0v) is 12.9. The predicted octanol–water partition coefficient (Wildman–Crippen LogP) is 4.59. The molecule has 0 aliphatic carbocycles. The molecule has 0 bridgehead atoms. The van der Waals surface area contributed by atoms with Crippen LogP contribution in [0.1, 0.15) is 17.2 Å². The molecule has 1 unspecified atom stereocenters. The minimum atomic E-state index is -0.682. The van der Waals surface area contributed by atoms with Crippen LogP contribution in [0, 0.1) is 11.6 Å². The Kier molecular flexibility index (Phi) is 5.04. The second kappa shape index (κ2) is 6.60. The van der Waals surface area contributed by atoms with Gasteiger partial charge in [0.1, 0.15) is 17.4 Å². The van der Waals surface area contributed by atoms with Crippen LogP contribution in [-0.4, -0.2) is 14.2 Å². The van der Waals surface area contributed by atoms with Gasteiger partial charge in [0.25, 0.3) is 0 Å². The normalized spacial score (nSPS) is 12.3. The van der Waals surface area contributed by atoms with E-state index in [1.807, 2.05) is 0 Å². The molecule has 0 aromatic heterocycles. The van der Waals surface area contributed by atoms with Gasteiger partial charge in [-0.15, -0.1) is 0 Å². The SMILES string of the molecule is CNC(c1cc(F)c(Cl)cc1F)c1ccc(OC)cc1Cl. The molecule has 21 heavy (non-hydrogen) atoms. The molecule has 112 valence electrons. The van der Waals surface area contributed by atoms with E-state index in [9.17, 15) is 8.78 Å². The Labute approximate surface area is 131 Å². The lowest BCUT2D eigenvalue weighted by Gasteiger charge is -2.20. The molecule has 2 aromatic carbocycles. The average molecular weight is 332 g/mol. The minimum absolute atomic E-state index is 0.131. The number of methoxy groups -OCH3 is 1. The molecule has 0 fully saturated rings. The summed E-state index contributed by atoms with van der Waals surface area (Å²) < 4.78 is 32.8. The van der Waals surface area contributed by atoms with Crippen molar-refractivity contribution in [3.63, 3.8) is 0 Å². The number of hydrogen-bond donors (Lipinski definition) is 1. The molecule has 1 N–H and O–H groups in total. The van der Waals surface area contributed by atoms with E-state index in [1.54, 1.807) is 25.2 Å². The highest BCUT2D eigenvalue weighted by atomic mass is 35.5. The number of halogens is 4. The molecule has 6 heteroatoms. The molecule has 0 aliphatic rings. The molecule has 1 atom stereocenters. The van der Waals surface area contributed by atoms with Crippen molar-refractivity contribution in [1.82, 2.24) is 5.32 Å². The largest absolute Gasteiger partial charge is 0.497 e. The Hall–Kier alpha value is -1.36. The third-order valence-corrected chi connectivity index (χ3v) is 3.77. The van der Waals surface area contributed by atoms with Crippen molar-refractivity contribution >= 4 is 23.2 Å². The van der Waals surface area contributed by atoms with Crippen molar-refractivity contribution in [1.29, 1.82) is 0 Å². The number of benzene rings is 2. The summed E-state index contributed by atoms with van der Waals surface area (Å²) in [5.74, 6) is -0.702. The topological polar surface area (TPSA) is 21.3 Å². The molecular formula is C15H13Cl2F2NO. The quantitative estimate of drug-likeness (QED) is 0.827. The number of ether oxygens (including phenoxy) is 1. The zero-order chi connectivity index (χ0) is 15.6. The highest BCUT2D eigenvalue weighted by molar-refractivity contribution is 6.31. The van der Waals surface area contributed by atoms with E-state index >= 15 is 0 Å². The Morgan fingerprint density at radius 1 is 1.00 bits per heavy atom. The Bertz CT molecular complexity index is 664. The van der Waals surface area contributed by atoms with Crippen LogP contribution in [0.25, 0.3) is 0 Å². The van der Waals surface area contributed by atoms with Crippen LogP contribution >= 0.6 is 23.2 Å². The van der Waals surface area contributed by atoms with Crippen molar-refractivity contribution in [2.24, 2.45) is 0 Å². The Morgan fingerprint density at radius 3 is 2.29 bits per heavy atom. The number of nitrogens with one attached hydrogen (secondary N) is 1. The third-order valence-electron chi connectivity index (χ3n) is 3.16. The van der Waals surface area contributed by atoms with Crippen LogP contribution in [0.2, 0.25) is 10.0 Å². The predicted molar refractivity (Wildman–Crippen MR) is 80.3 cm³/mol. The first-order valence-corrected chi connectivity index (χ1v) is 6.88. The van der Waals surface area contributed by atoms with E-state index < -0.39 is 17.7 Å². The summed E-state index contributed by atoms with van der Waals surface area (Å²) in [7, 11) is 3.16. The first-order chi connectivity index (χ1) is 9.97. The van der Waals surface area contributed by atoms with Gasteiger partial charge < -0.3 is 10.1 Å². The van der Waals surface area contributed by atoms with Crippen LogP contribution in [0.3, 0.4) is 0 Å². The number of hydrogen-bond acceptors (Lipinski definition) is 2. The zero-order valence-electron chi connectivity index (χ0n) is 11.4. The summed E-state index contributed by atoms with van der Waals surface area (Å²) >= 11 is 11.8. The lowest BCUT2D eigenvalue weighted by Crippen LogP contribution is -2.19. The van der Waals surface area contributed by atoms with Crippen molar-refractivity contribution < 1.29 is 13.5 Å². The lowest BCUT2D eigenvalue weighted by atomic mass is 9.98. The van der Waals surface area contributed by atoms with Gasteiger partial charge in [-0.05, 0) is 36.9 Å². The molecule has 0 spiro atoms. The molecule has 0 saturated carbocycles. The van der Waals surface area contributed by atoms with Crippen LogP contribution in [-0.2, 0) is 0 Å². The number of rotatable bonds is 4. The van der Waals surface area contributed by atoms with Gasteiger partial charge in [0.05, 0.1) is 18.2 Å². The van der Waals surface area contributed by atoms with Gasteiger partial charge in [-0.1, -0.05) is 29.3 Å². The van der Waals surface area contributed by atoms with Gasteiger partial charge in [0, 0.05) is 10.6 Å². The third kappa shape index (κ3) is 3.28. The molecule has 0 aliphatic heterocycles. The standard InChI is InChI=1S/C15H13Cl2F2NO/c1-20-15(9-4-3-8(21-2)5-11(9)16)10-6-14(19)12(17)7-13(10)18/h3-7,15,20H,1-2H3. The molecule has 0 amide bonds. The molecule has 0 heterocycles. The summed E-state index contributed by atoms with van der Waals surface area (Å²) in [6.45, 7) is 0. The fraction of sp³-hybridized carbons (Fsp3) is 0.200. The van der Waals surface area contributed by atoms with Gasteiger partial charge in [-0.25, -0.2) is 8.78 Å². The first kappa shape index (κ1) is 16.0. The smallest absolute Gasteiger partial charge is 0.142 e. The molecule has 2 nitrogen and oxygen atoms in total.